The number of alkyl halides is 3. The first kappa shape index (κ1) is 17.6. The lowest BCUT2D eigenvalue weighted by molar-refractivity contribution is -0.137. The Balaban J connectivity index is 2.11. The Morgan fingerprint density at radius 2 is 1.87 bits per heavy atom. The molecule has 1 amide bonds. The molecular formula is C16H15BrF3NO2. The summed E-state index contributed by atoms with van der Waals surface area (Å²) < 4.78 is 43.8. The minimum absolute atomic E-state index is 0.190. The summed E-state index contributed by atoms with van der Waals surface area (Å²) in [6.07, 6.45) is -3.09. The van der Waals surface area contributed by atoms with Crippen molar-refractivity contribution in [2.75, 3.05) is 6.54 Å². The SMILES string of the molecule is CC(C)(CNC(=O)c1coc(Br)c1)c1cccc(C(F)(F)F)c1. The highest BCUT2D eigenvalue weighted by atomic mass is 79.9. The zero-order chi connectivity index (χ0) is 17.3. The maximum absolute atomic E-state index is 12.8. The van der Waals surface area contributed by atoms with E-state index in [1.165, 1.54) is 18.4 Å². The molecule has 2 rings (SSSR count). The molecule has 0 aliphatic carbocycles. The van der Waals surface area contributed by atoms with E-state index in [0.717, 1.165) is 12.1 Å². The first-order valence-electron chi connectivity index (χ1n) is 6.79. The maximum atomic E-state index is 12.8. The number of carbonyl (C=O) groups is 1. The van der Waals surface area contributed by atoms with E-state index in [-0.39, 0.29) is 12.5 Å². The third-order valence-electron chi connectivity index (χ3n) is 3.49. The van der Waals surface area contributed by atoms with Crippen molar-refractivity contribution < 1.29 is 22.4 Å². The molecule has 1 aromatic carbocycles. The summed E-state index contributed by atoms with van der Waals surface area (Å²) in [5.74, 6) is -0.348. The smallest absolute Gasteiger partial charge is 0.416 e. The van der Waals surface area contributed by atoms with E-state index in [4.69, 9.17) is 4.42 Å². The molecule has 23 heavy (non-hydrogen) atoms. The molecule has 1 N–H and O–H groups in total. The molecule has 7 heteroatoms. The number of amides is 1. The molecule has 0 fully saturated rings. The van der Waals surface area contributed by atoms with Gasteiger partial charge in [-0.05, 0) is 27.6 Å². The monoisotopic (exact) mass is 389 g/mol. The van der Waals surface area contributed by atoms with Crippen LogP contribution in [0.4, 0.5) is 13.2 Å². The van der Waals surface area contributed by atoms with Crippen LogP contribution in [0.25, 0.3) is 0 Å². The second-order valence-corrected chi connectivity index (χ2v) is 6.57. The van der Waals surface area contributed by atoms with Crippen LogP contribution in [0.1, 0.15) is 35.3 Å². The Hall–Kier alpha value is -1.76. The summed E-state index contributed by atoms with van der Waals surface area (Å²) in [7, 11) is 0. The Bertz CT molecular complexity index is 707. The van der Waals surface area contributed by atoms with Crippen molar-refractivity contribution in [2.45, 2.75) is 25.4 Å². The average molecular weight is 390 g/mol. The third kappa shape index (κ3) is 4.37. The van der Waals surface area contributed by atoms with Crippen molar-refractivity contribution in [1.82, 2.24) is 5.32 Å². The largest absolute Gasteiger partial charge is 0.457 e. The molecule has 0 saturated carbocycles. The van der Waals surface area contributed by atoms with Gasteiger partial charge in [0.1, 0.15) is 6.26 Å². The summed E-state index contributed by atoms with van der Waals surface area (Å²) >= 11 is 3.10. The molecule has 0 radical (unpaired) electrons. The normalized spacial score (nSPS) is 12.3. The Kier molecular flexibility index (Phi) is 4.89. The molecule has 0 unspecified atom stereocenters. The van der Waals surface area contributed by atoms with Crippen molar-refractivity contribution in [2.24, 2.45) is 0 Å². The van der Waals surface area contributed by atoms with E-state index in [9.17, 15) is 18.0 Å². The quantitative estimate of drug-likeness (QED) is 0.818. The van der Waals surface area contributed by atoms with E-state index in [2.05, 4.69) is 21.2 Å². The number of hydrogen-bond acceptors (Lipinski definition) is 2. The van der Waals surface area contributed by atoms with Crippen molar-refractivity contribution in [3.63, 3.8) is 0 Å². The summed E-state index contributed by atoms with van der Waals surface area (Å²) in [6.45, 7) is 3.73. The highest BCUT2D eigenvalue weighted by Gasteiger charge is 2.32. The van der Waals surface area contributed by atoms with E-state index in [0.29, 0.717) is 15.8 Å². The lowest BCUT2D eigenvalue weighted by atomic mass is 9.83. The fourth-order valence-corrected chi connectivity index (χ4v) is 2.39. The second-order valence-electron chi connectivity index (χ2n) is 5.78. The average Bonchev–Trinajstić information content (AvgIpc) is 2.91. The molecule has 3 nitrogen and oxygen atoms in total. The van der Waals surface area contributed by atoms with Gasteiger partial charge >= 0.3 is 6.18 Å². The molecule has 124 valence electrons. The molecule has 0 saturated heterocycles. The first-order chi connectivity index (χ1) is 10.6. The summed E-state index contributed by atoms with van der Waals surface area (Å²) in [6, 6.07) is 6.65. The number of carbonyl (C=O) groups excluding carboxylic acids is 1. The van der Waals surface area contributed by atoms with Gasteiger partial charge < -0.3 is 9.73 Å². The van der Waals surface area contributed by atoms with Gasteiger partial charge in [0, 0.05) is 18.0 Å². The number of nitrogens with one attached hydrogen (secondary N) is 1. The number of rotatable bonds is 4. The predicted molar refractivity (Wildman–Crippen MR) is 83.2 cm³/mol. The van der Waals surface area contributed by atoms with Gasteiger partial charge in [-0.3, -0.25) is 4.79 Å². The van der Waals surface area contributed by atoms with Gasteiger partial charge in [-0.1, -0.05) is 32.0 Å². The number of halogens is 4. The third-order valence-corrected chi connectivity index (χ3v) is 3.91. The fourth-order valence-electron chi connectivity index (χ4n) is 2.05. The van der Waals surface area contributed by atoms with Crippen LogP contribution in [0.2, 0.25) is 0 Å². The van der Waals surface area contributed by atoms with Gasteiger partial charge in [0.2, 0.25) is 0 Å². The van der Waals surface area contributed by atoms with E-state index >= 15 is 0 Å². The summed E-state index contributed by atoms with van der Waals surface area (Å²) in [5.41, 5.74) is -0.511. The van der Waals surface area contributed by atoms with Crippen molar-refractivity contribution >= 4 is 21.8 Å². The van der Waals surface area contributed by atoms with Crippen LogP contribution < -0.4 is 5.32 Å². The van der Waals surface area contributed by atoms with E-state index in [1.54, 1.807) is 19.9 Å². The molecule has 0 spiro atoms. The van der Waals surface area contributed by atoms with Gasteiger partial charge in [0.25, 0.3) is 5.91 Å². The van der Waals surface area contributed by atoms with Crippen LogP contribution in [0.5, 0.6) is 0 Å². The standard InChI is InChI=1S/C16H15BrF3NO2/c1-15(2,9-21-14(22)10-6-13(17)23-8-10)11-4-3-5-12(7-11)16(18,19)20/h3-8H,9H2,1-2H3,(H,21,22). The zero-order valence-corrected chi connectivity index (χ0v) is 14.1. The van der Waals surface area contributed by atoms with Gasteiger partial charge in [-0.25, -0.2) is 0 Å². The molecule has 1 aromatic heterocycles. The predicted octanol–water partition coefficient (Wildman–Crippen LogP) is 4.77. The van der Waals surface area contributed by atoms with Gasteiger partial charge in [-0.15, -0.1) is 0 Å². The van der Waals surface area contributed by atoms with E-state index in [1.807, 2.05) is 0 Å². The molecule has 1 heterocycles. The van der Waals surface area contributed by atoms with Crippen LogP contribution in [0, 0.1) is 0 Å². The lowest BCUT2D eigenvalue weighted by Gasteiger charge is -2.26. The van der Waals surface area contributed by atoms with Crippen LogP contribution in [-0.4, -0.2) is 12.5 Å². The Morgan fingerprint density at radius 3 is 2.43 bits per heavy atom. The van der Waals surface area contributed by atoms with Crippen LogP contribution in [0.3, 0.4) is 0 Å². The molecule has 0 aliphatic rings. The summed E-state index contributed by atoms with van der Waals surface area (Å²) in [4.78, 5) is 12.0. The van der Waals surface area contributed by atoms with Crippen molar-refractivity contribution in [3.8, 4) is 0 Å². The highest BCUT2D eigenvalue weighted by molar-refractivity contribution is 9.10. The maximum Gasteiger partial charge on any atom is 0.416 e. The van der Waals surface area contributed by atoms with Crippen LogP contribution >= 0.6 is 15.9 Å². The lowest BCUT2D eigenvalue weighted by Crippen LogP contribution is -2.36. The van der Waals surface area contributed by atoms with Gasteiger partial charge in [0.15, 0.2) is 4.67 Å². The number of hydrogen-bond donors (Lipinski definition) is 1. The topological polar surface area (TPSA) is 42.2 Å². The van der Waals surface area contributed by atoms with Gasteiger partial charge in [0.05, 0.1) is 11.1 Å². The first-order valence-corrected chi connectivity index (χ1v) is 7.59. The van der Waals surface area contributed by atoms with Crippen LogP contribution in [0.15, 0.2) is 45.7 Å². The number of furan rings is 1. The second kappa shape index (κ2) is 6.39. The Labute approximate surface area is 140 Å². The molecule has 0 bridgehead atoms. The van der Waals surface area contributed by atoms with Gasteiger partial charge in [-0.2, -0.15) is 13.2 Å². The number of benzene rings is 1. The van der Waals surface area contributed by atoms with Crippen molar-refractivity contribution in [3.05, 3.63) is 58.0 Å². The molecule has 0 aliphatic heterocycles. The molecule has 0 atom stereocenters. The van der Waals surface area contributed by atoms with E-state index < -0.39 is 17.2 Å². The zero-order valence-electron chi connectivity index (χ0n) is 12.5. The van der Waals surface area contributed by atoms with Crippen LogP contribution in [-0.2, 0) is 11.6 Å². The van der Waals surface area contributed by atoms with Crippen molar-refractivity contribution in [1.29, 1.82) is 0 Å². The highest BCUT2D eigenvalue weighted by Crippen LogP contribution is 2.32. The fraction of sp³-hybridized carbons (Fsp3) is 0.312. The minimum Gasteiger partial charge on any atom is -0.457 e. The minimum atomic E-state index is -4.39. The Morgan fingerprint density at radius 1 is 1.22 bits per heavy atom. The molecule has 2 aromatic rings. The summed E-state index contributed by atoms with van der Waals surface area (Å²) in [5, 5.41) is 2.71. The molecular weight excluding hydrogens is 375 g/mol.